The molecule has 0 radical (unpaired) electrons. The summed E-state index contributed by atoms with van der Waals surface area (Å²) in [5.41, 5.74) is 5.88. The van der Waals surface area contributed by atoms with E-state index in [-0.39, 0.29) is 12.1 Å². The first-order valence-electron chi connectivity index (χ1n) is 9.50. The normalized spacial score (nSPS) is 20.7. The summed E-state index contributed by atoms with van der Waals surface area (Å²) < 4.78 is 5.62. The minimum atomic E-state index is 0.228. The van der Waals surface area contributed by atoms with Crippen LogP contribution in [-0.2, 0) is 11.3 Å². The molecule has 0 bridgehead atoms. The van der Waals surface area contributed by atoms with Gasteiger partial charge in [-0.2, -0.15) is 15.0 Å². The highest BCUT2D eigenvalue weighted by atomic mass is 16.5. The van der Waals surface area contributed by atoms with Crippen molar-refractivity contribution < 1.29 is 4.74 Å². The third-order valence-electron chi connectivity index (χ3n) is 4.92. The van der Waals surface area contributed by atoms with Crippen LogP contribution in [0.15, 0.2) is 24.4 Å². The molecule has 0 aliphatic carbocycles. The van der Waals surface area contributed by atoms with Crippen LogP contribution in [0.3, 0.4) is 0 Å². The largest absolute Gasteiger partial charge is 0.376 e. The van der Waals surface area contributed by atoms with Crippen LogP contribution < -0.4 is 16.0 Å². The maximum absolute atomic E-state index is 5.88. The second-order valence-corrected chi connectivity index (χ2v) is 6.90. The Labute approximate surface area is 159 Å². The summed E-state index contributed by atoms with van der Waals surface area (Å²) in [5.74, 6) is 2.51. The lowest BCUT2D eigenvalue weighted by atomic mass is 10.2. The van der Waals surface area contributed by atoms with Crippen molar-refractivity contribution in [2.45, 2.75) is 25.5 Å². The summed E-state index contributed by atoms with van der Waals surface area (Å²) in [6, 6.07) is 6.01. The van der Waals surface area contributed by atoms with E-state index in [1.165, 1.54) is 0 Å². The van der Waals surface area contributed by atoms with Crippen LogP contribution in [-0.4, -0.2) is 70.3 Å². The van der Waals surface area contributed by atoms with Gasteiger partial charge in [-0.15, -0.1) is 0 Å². The van der Waals surface area contributed by atoms with Gasteiger partial charge < -0.3 is 20.7 Å². The summed E-state index contributed by atoms with van der Waals surface area (Å²) in [6.07, 6.45) is 4.24. The van der Waals surface area contributed by atoms with E-state index in [0.717, 1.165) is 51.4 Å². The van der Waals surface area contributed by atoms with Gasteiger partial charge in [-0.1, -0.05) is 6.07 Å². The predicted molar refractivity (Wildman–Crippen MR) is 103 cm³/mol. The molecule has 9 heteroatoms. The maximum Gasteiger partial charge on any atom is 0.227 e. The Bertz CT molecular complexity index is 729. The molecule has 2 aromatic heterocycles. The Hall–Kier alpha value is -2.52. The number of nitrogens with zero attached hydrogens (tertiary/aromatic N) is 6. The molecular formula is C18H26N8O. The molecule has 4 heterocycles. The zero-order chi connectivity index (χ0) is 18.5. The van der Waals surface area contributed by atoms with E-state index >= 15 is 0 Å². The molecule has 2 aromatic rings. The molecule has 2 saturated heterocycles. The van der Waals surface area contributed by atoms with Gasteiger partial charge in [0.2, 0.25) is 11.9 Å². The van der Waals surface area contributed by atoms with Gasteiger partial charge in [0, 0.05) is 45.5 Å². The monoisotopic (exact) mass is 370 g/mol. The molecule has 0 aromatic carbocycles. The van der Waals surface area contributed by atoms with Crippen LogP contribution in [0.25, 0.3) is 0 Å². The first-order chi connectivity index (χ1) is 13.3. The van der Waals surface area contributed by atoms with Gasteiger partial charge >= 0.3 is 0 Å². The number of ether oxygens (including phenoxy) is 1. The van der Waals surface area contributed by atoms with E-state index in [1.54, 1.807) is 0 Å². The third-order valence-corrected chi connectivity index (χ3v) is 4.92. The van der Waals surface area contributed by atoms with Crippen LogP contribution in [0.4, 0.5) is 17.7 Å². The Morgan fingerprint density at radius 2 is 2.04 bits per heavy atom. The summed E-state index contributed by atoms with van der Waals surface area (Å²) >= 11 is 0. The first kappa shape index (κ1) is 17.9. The fourth-order valence-electron chi connectivity index (χ4n) is 3.47. The van der Waals surface area contributed by atoms with Gasteiger partial charge in [0.25, 0.3) is 0 Å². The fourth-order valence-corrected chi connectivity index (χ4v) is 3.47. The van der Waals surface area contributed by atoms with Crippen LogP contribution in [0.1, 0.15) is 18.7 Å². The van der Waals surface area contributed by atoms with Gasteiger partial charge in [-0.25, -0.2) is 4.98 Å². The molecule has 9 nitrogen and oxygen atoms in total. The number of anilines is 3. The number of rotatable bonds is 6. The minimum Gasteiger partial charge on any atom is -0.376 e. The lowest BCUT2D eigenvalue weighted by Gasteiger charge is -2.35. The predicted octanol–water partition coefficient (Wildman–Crippen LogP) is 0.762. The molecule has 0 saturated carbocycles. The zero-order valence-corrected chi connectivity index (χ0v) is 15.4. The zero-order valence-electron chi connectivity index (χ0n) is 15.4. The van der Waals surface area contributed by atoms with E-state index < -0.39 is 0 Å². The quantitative estimate of drug-likeness (QED) is 0.762. The third kappa shape index (κ3) is 4.81. The van der Waals surface area contributed by atoms with Gasteiger partial charge in [-0.3, -0.25) is 4.90 Å². The van der Waals surface area contributed by atoms with Crippen molar-refractivity contribution in [1.29, 1.82) is 0 Å². The van der Waals surface area contributed by atoms with Crippen LogP contribution in [0.2, 0.25) is 0 Å². The van der Waals surface area contributed by atoms with Crippen molar-refractivity contribution in [3.8, 4) is 0 Å². The summed E-state index contributed by atoms with van der Waals surface area (Å²) in [7, 11) is 0. The lowest BCUT2D eigenvalue weighted by molar-refractivity contribution is 0.120. The second-order valence-electron chi connectivity index (χ2n) is 6.90. The average Bonchev–Trinajstić information content (AvgIpc) is 3.21. The van der Waals surface area contributed by atoms with E-state index in [4.69, 9.17) is 10.5 Å². The first-order valence-corrected chi connectivity index (χ1v) is 9.50. The number of nitrogen functional groups attached to an aromatic ring is 1. The molecule has 0 spiro atoms. The highest BCUT2D eigenvalue weighted by Crippen LogP contribution is 2.15. The Morgan fingerprint density at radius 1 is 1.15 bits per heavy atom. The maximum atomic E-state index is 5.88. The van der Waals surface area contributed by atoms with Crippen molar-refractivity contribution in [3.05, 3.63) is 30.2 Å². The molecule has 3 N–H and O–H groups in total. The SMILES string of the molecule is Nc1nc(CN2CCN(c3ccccn3)CC2)nc(NCC2CCCO2)n1. The standard InChI is InChI=1S/C18H26N8O/c19-17-22-15(23-18(24-17)21-12-14-4-3-11-27-14)13-25-7-9-26(10-8-25)16-5-1-2-6-20-16/h1-2,5-6,14H,3-4,7-13H2,(H3,19,21,22,23,24). The van der Waals surface area contributed by atoms with Gasteiger partial charge in [-0.05, 0) is 25.0 Å². The van der Waals surface area contributed by atoms with Crippen molar-refractivity contribution in [3.63, 3.8) is 0 Å². The molecule has 2 fully saturated rings. The Balaban J connectivity index is 1.31. The second kappa shape index (κ2) is 8.45. The fraction of sp³-hybridized carbons (Fsp3) is 0.556. The number of aromatic nitrogens is 4. The molecule has 0 amide bonds. The van der Waals surface area contributed by atoms with Gasteiger partial charge in [0.15, 0.2) is 0 Å². The number of nitrogens with two attached hydrogens (primary N) is 1. The smallest absolute Gasteiger partial charge is 0.227 e. The van der Waals surface area contributed by atoms with Gasteiger partial charge in [0.1, 0.15) is 11.6 Å². The highest BCUT2D eigenvalue weighted by Gasteiger charge is 2.20. The van der Waals surface area contributed by atoms with Crippen LogP contribution in [0.5, 0.6) is 0 Å². The Kier molecular flexibility index (Phi) is 5.59. The van der Waals surface area contributed by atoms with Gasteiger partial charge in [0.05, 0.1) is 12.6 Å². The van der Waals surface area contributed by atoms with Crippen molar-refractivity contribution >= 4 is 17.7 Å². The van der Waals surface area contributed by atoms with E-state index in [1.807, 2.05) is 24.4 Å². The summed E-state index contributed by atoms with van der Waals surface area (Å²) in [6.45, 7) is 5.93. The summed E-state index contributed by atoms with van der Waals surface area (Å²) in [4.78, 5) is 22.1. The average molecular weight is 370 g/mol. The van der Waals surface area contributed by atoms with E-state index in [9.17, 15) is 0 Å². The minimum absolute atomic E-state index is 0.228. The van der Waals surface area contributed by atoms with Crippen LogP contribution >= 0.6 is 0 Å². The molecule has 1 atom stereocenters. The molecule has 27 heavy (non-hydrogen) atoms. The highest BCUT2D eigenvalue weighted by molar-refractivity contribution is 5.38. The number of piperazine rings is 1. The molecule has 144 valence electrons. The molecule has 1 unspecified atom stereocenters. The summed E-state index contributed by atoms with van der Waals surface area (Å²) in [5, 5.41) is 3.23. The lowest BCUT2D eigenvalue weighted by Crippen LogP contribution is -2.46. The van der Waals surface area contributed by atoms with Crippen molar-refractivity contribution in [1.82, 2.24) is 24.8 Å². The van der Waals surface area contributed by atoms with E-state index in [2.05, 4.69) is 35.1 Å². The Morgan fingerprint density at radius 3 is 2.78 bits per heavy atom. The number of pyridine rings is 1. The molecular weight excluding hydrogens is 344 g/mol. The molecule has 4 rings (SSSR count). The van der Waals surface area contributed by atoms with E-state index in [0.29, 0.717) is 24.9 Å². The molecule has 2 aliphatic heterocycles. The van der Waals surface area contributed by atoms with Crippen molar-refractivity contribution in [2.24, 2.45) is 0 Å². The number of hydrogen-bond donors (Lipinski definition) is 2. The molecule has 2 aliphatic rings. The topological polar surface area (TPSA) is 105 Å². The van der Waals surface area contributed by atoms with Crippen LogP contribution in [0, 0.1) is 0 Å². The van der Waals surface area contributed by atoms with Crippen molar-refractivity contribution in [2.75, 3.05) is 55.3 Å². The number of hydrogen-bond acceptors (Lipinski definition) is 9. The number of nitrogens with one attached hydrogen (secondary N) is 1.